The molecule has 0 aliphatic carbocycles. The molecule has 0 atom stereocenters. The summed E-state index contributed by atoms with van der Waals surface area (Å²) in [4.78, 5) is 2.38. The van der Waals surface area contributed by atoms with Gasteiger partial charge in [-0.3, -0.25) is 4.90 Å². The van der Waals surface area contributed by atoms with E-state index in [1.165, 1.54) is 12.5 Å². The molecule has 3 nitrogen and oxygen atoms in total. The first kappa shape index (κ1) is 14.1. The summed E-state index contributed by atoms with van der Waals surface area (Å²) in [5.41, 5.74) is 0.719. The summed E-state index contributed by atoms with van der Waals surface area (Å²) < 4.78 is 23.1. The first-order chi connectivity index (χ1) is 8.47. The highest BCUT2D eigenvalue weighted by Gasteiger charge is 2.19. The molecule has 0 N–H and O–H groups in total. The number of nitrogens with zero attached hydrogens (tertiary/aromatic N) is 1. The molecule has 1 aliphatic heterocycles. The lowest BCUT2D eigenvalue weighted by Gasteiger charge is -2.27. The Labute approximate surface area is 117 Å². The van der Waals surface area contributed by atoms with Crippen molar-refractivity contribution in [2.45, 2.75) is 30.7 Å². The van der Waals surface area contributed by atoms with Gasteiger partial charge in [0.05, 0.1) is 4.90 Å². The number of piperidine rings is 1. The molecule has 0 spiro atoms. The van der Waals surface area contributed by atoms with Gasteiger partial charge in [-0.1, -0.05) is 24.1 Å². The lowest BCUT2D eigenvalue weighted by Crippen LogP contribution is -2.29. The highest BCUT2D eigenvalue weighted by Crippen LogP contribution is 2.26. The summed E-state index contributed by atoms with van der Waals surface area (Å²) in [5.74, 6) is 0. The predicted octanol–water partition coefficient (Wildman–Crippen LogP) is 3.25. The van der Waals surface area contributed by atoms with E-state index >= 15 is 0 Å². The molecule has 1 saturated heterocycles. The van der Waals surface area contributed by atoms with Crippen LogP contribution in [0.4, 0.5) is 0 Å². The van der Waals surface area contributed by atoms with E-state index in [0.717, 1.165) is 31.5 Å². The third kappa shape index (κ3) is 3.60. The SMILES string of the molecule is O=S(=O)(Cl)c1cc(Cl)ccc1CN1CCCCC1. The average Bonchev–Trinajstić information content (AvgIpc) is 2.31. The van der Waals surface area contributed by atoms with Gasteiger partial charge in [-0.15, -0.1) is 0 Å². The first-order valence-corrected chi connectivity index (χ1v) is 8.61. The Bertz CT molecular complexity index is 525. The molecule has 0 unspecified atom stereocenters. The molecule has 0 bridgehead atoms. The summed E-state index contributed by atoms with van der Waals surface area (Å²) in [7, 11) is 1.70. The number of benzene rings is 1. The van der Waals surface area contributed by atoms with Gasteiger partial charge in [0.2, 0.25) is 0 Å². The minimum atomic E-state index is -3.75. The van der Waals surface area contributed by atoms with Crippen molar-refractivity contribution in [1.82, 2.24) is 4.90 Å². The standard InChI is InChI=1S/C12H15Cl2NO2S/c13-11-5-4-10(12(8-11)18(14,16)17)9-15-6-2-1-3-7-15/h4-5,8H,1-3,6-7,9H2. The minimum Gasteiger partial charge on any atom is -0.299 e. The topological polar surface area (TPSA) is 37.4 Å². The van der Waals surface area contributed by atoms with Crippen LogP contribution in [0, 0.1) is 0 Å². The summed E-state index contributed by atoms with van der Waals surface area (Å²) in [6.07, 6.45) is 3.57. The molecule has 2 rings (SSSR count). The molecule has 6 heteroatoms. The Kier molecular flexibility index (Phi) is 4.54. The highest BCUT2D eigenvalue weighted by atomic mass is 35.7. The summed E-state index contributed by atoms with van der Waals surface area (Å²) in [5, 5.41) is 0.386. The Hall–Kier alpha value is -0.290. The number of hydrogen-bond acceptors (Lipinski definition) is 3. The van der Waals surface area contributed by atoms with Gasteiger partial charge < -0.3 is 0 Å². The Balaban J connectivity index is 2.26. The quantitative estimate of drug-likeness (QED) is 0.804. The van der Waals surface area contributed by atoms with Crippen molar-refractivity contribution in [3.63, 3.8) is 0 Å². The van der Waals surface area contributed by atoms with Crippen LogP contribution >= 0.6 is 22.3 Å². The van der Waals surface area contributed by atoms with E-state index in [4.69, 9.17) is 22.3 Å². The molecule has 100 valence electrons. The van der Waals surface area contributed by atoms with Crippen LogP contribution in [0.5, 0.6) is 0 Å². The van der Waals surface area contributed by atoms with Gasteiger partial charge in [0.25, 0.3) is 9.05 Å². The third-order valence-corrected chi connectivity index (χ3v) is 4.77. The van der Waals surface area contributed by atoms with Gasteiger partial charge in [0.15, 0.2) is 0 Å². The molecule has 0 amide bonds. The van der Waals surface area contributed by atoms with Crippen molar-refractivity contribution < 1.29 is 8.42 Å². The van der Waals surface area contributed by atoms with Crippen molar-refractivity contribution in [3.8, 4) is 0 Å². The van der Waals surface area contributed by atoms with E-state index in [1.807, 2.05) is 0 Å². The monoisotopic (exact) mass is 307 g/mol. The molecule has 1 fully saturated rings. The van der Waals surface area contributed by atoms with E-state index < -0.39 is 9.05 Å². The van der Waals surface area contributed by atoms with Crippen LogP contribution in [-0.2, 0) is 15.6 Å². The summed E-state index contributed by atoms with van der Waals surface area (Å²) >= 11 is 5.83. The molecule has 1 heterocycles. The molecule has 1 aromatic carbocycles. The number of likely N-dealkylation sites (tertiary alicyclic amines) is 1. The Morgan fingerprint density at radius 3 is 2.44 bits per heavy atom. The third-order valence-electron chi connectivity index (χ3n) is 3.13. The fraction of sp³-hybridized carbons (Fsp3) is 0.500. The fourth-order valence-corrected chi connectivity index (χ4v) is 3.63. The van der Waals surface area contributed by atoms with Crippen molar-refractivity contribution in [1.29, 1.82) is 0 Å². The van der Waals surface area contributed by atoms with Crippen molar-refractivity contribution in [3.05, 3.63) is 28.8 Å². The number of rotatable bonds is 3. The molecular weight excluding hydrogens is 293 g/mol. The second-order valence-corrected chi connectivity index (χ2v) is 7.50. The number of halogens is 2. The average molecular weight is 308 g/mol. The summed E-state index contributed by atoms with van der Waals surface area (Å²) in [6, 6.07) is 4.86. The first-order valence-electron chi connectivity index (χ1n) is 5.92. The Morgan fingerprint density at radius 1 is 1.17 bits per heavy atom. The predicted molar refractivity (Wildman–Crippen MR) is 73.6 cm³/mol. The zero-order chi connectivity index (χ0) is 13.2. The van der Waals surface area contributed by atoms with Crippen molar-refractivity contribution in [2.75, 3.05) is 13.1 Å². The second-order valence-electron chi connectivity index (χ2n) is 4.53. The molecule has 1 aliphatic rings. The van der Waals surface area contributed by atoms with E-state index in [2.05, 4.69) is 4.90 Å². The smallest absolute Gasteiger partial charge is 0.261 e. The van der Waals surface area contributed by atoms with Gasteiger partial charge in [-0.25, -0.2) is 8.42 Å². The number of hydrogen-bond donors (Lipinski definition) is 0. The molecule has 0 radical (unpaired) electrons. The lowest BCUT2D eigenvalue weighted by atomic mass is 10.1. The van der Waals surface area contributed by atoms with Crippen LogP contribution in [0.15, 0.2) is 23.1 Å². The summed E-state index contributed by atoms with van der Waals surface area (Å²) in [6.45, 7) is 2.62. The van der Waals surface area contributed by atoms with Crippen LogP contribution in [0.1, 0.15) is 24.8 Å². The van der Waals surface area contributed by atoms with Gasteiger partial charge in [-0.2, -0.15) is 0 Å². The van der Waals surface area contributed by atoms with E-state index in [1.54, 1.807) is 12.1 Å². The van der Waals surface area contributed by atoms with Crippen molar-refractivity contribution >= 4 is 31.3 Å². The lowest BCUT2D eigenvalue weighted by molar-refractivity contribution is 0.219. The van der Waals surface area contributed by atoms with Gasteiger partial charge in [-0.05, 0) is 43.6 Å². The van der Waals surface area contributed by atoms with Crippen LogP contribution in [-0.4, -0.2) is 26.4 Å². The molecule has 0 saturated carbocycles. The molecule has 0 aromatic heterocycles. The Morgan fingerprint density at radius 2 is 1.83 bits per heavy atom. The van der Waals surface area contributed by atoms with E-state index in [0.29, 0.717) is 11.6 Å². The van der Waals surface area contributed by atoms with Crippen LogP contribution in [0.3, 0.4) is 0 Å². The van der Waals surface area contributed by atoms with Crippen LogP contribution < -0.4 is 0 Å². The van der Waals surface area contributed by atoms with Crippen LogP contribution in [0.2, 0.25) is 5.02 Å². The zero-order valence-corrected chi connectivity index (χ0v) is 12.2. The second kappa shape index (κ2) is 5.78. The highest BCUT2D eigenvalue weighted by molar-refractivity contribution is 8.13. The van der Waals surface area contributed by atoms with E-state index in [9.17, 15) is 8.42 Å². The maximum atomic E-state index is 11.5. The molecule has 18 heavy (non-hydrogen) atoms. The van der Waals surface area contributed by atoms with E-state index in [-0.39, 0.29) is 4.90 Å². The van der Waals surface area contributed by atoms with Gasteiger partial charge in [0, 0.05) is 22.2 Å². The zero-order valence-electron chi connectivity index (χ0n) is 9.90. The largest absolute Gasteiger partial charge is 0.299 e. The maximum Gasteiger partial charge on any atom is 0.261 e. The fourth-order valence-electron chi connectivity index (χ4n) is 2.24. The molecule has 1 aromatic rings. The maximum absolute atomic E-state index is 11.5. The minimum absolute atomic E-state index is 0.127. The van der Waals surface area contributed by atoms with Crippen molar-refractivity contribution in [2.24, 2.45) is 0 Å². The molecular formula is C12H15Cl2NO2S. The van der Waals surface area contributed by atoms with Crippen LogP contribution in [0.25, 0.3) is 0 Å². The normalized spacial score (nSPS) is 17.9. The van der Waals surface area contributed by atoms with Gasteiger partial charge in [0.1, 0.15) is 0 Å². The van der Waals surface area contributed by atoms with Gasteiger partial charge >= 0.3 is 0 Å².